The molecule has 23 heavy (non-hydrogen) atoms. The normalized spacial score (nSPS) is 11.4. The van der Waals surface area contributed by atoms with Crippen molar-refractivity contribution < 1.29 is 17.2 Å². The van der Waals surface area contributed by atoms with Gasteiger partial charge in [0.2, 0.25) is 0 Å². The van der Waals surface area contributed by atoms with Crippen molar-refractivity contribution in [3.05, 3.63) is 59.7 Å². The van der Waals surface area contributed by atoms with Crippen LogP contribution in [-0.4, -0.2) is 8.42 Å². The van der Waals surface area contributed by atoms with Gasteiger partial charge in [0.05, 0.1) is 10.6 Å². The summed E-state index contributed by atoms with van der Waals surface area (Å²) in [6, 6.07) is 9.18. The van der Waals surface area contributed by atoms with Crippen LogP contribution in [0.3, 0.4) is 0 Å². The third kappa shape index (κ3) is 4.76. The average molecular weight is 339 g/mol. The summed E-state index contributed by atoms with van der Waals surface area (Å²) in [7, 11) is -3.90. The highest BCUT2D eigenvalue weighted by Crippen LogP contribution is 2.20. The fourth-order valence-electron chi connectivity index (χ4n) is 2.19. The van der Waals surface area contributed by atoms with Crippen LogP contribution in [0.2, 0.25) is 0 Å². The van der Waals surface area contributed by atoms with Gasteiger partial charge in [0, 0.05) is 6.07 Å². The SMILES string of the molecule is CCCCCc1ccc(S(=O)(=O)Nc2ccc(F)cc2F)cc1. The number of benzene rings is 2. The lowest BCUT2D eigenvalue weighted by molar-refractivity contribution is 0.583. The molecule has 0 aliphatic rings. The van der Waals surface area contributed by atoms with E-state index in [0.29, 0.717) is 6.07 Å². The molecule has 3 nitrogen and oxygen atoms in total. The van der Waals surface area contributed by atoms with Crippen LogP contribution in [0.25, 0.3) is 0 Å². The van der Waals surface area contributed by atoms with E-state index in [1.165, 1.54) is 12.1 Å². The van der Waals surface area contributed by atoms with Crippen LogP contribution in [0, 0.1) is 11.6 Å². The molecule has 0 fully saturated rings. The first-order valence-electron chi connectivity index (χ1n) is 7.49. The van der Waals surface area contributed by atoms with E-state index in [9.17, 15) is 17.2 Å². The molecule has 124 valence electrons. The van der Waals surface area contributed by atoms with E-state index >= 15 is 0 Å². The molecule has 0 aliphatic carbocycles. The zero-order valence-corrected chi connectivity index (χ0v) is 13.7. The second-order valence-electron chi connectivity index (χ2n) is 5.33. The van der Waals surface area contributed by atoms with Gasteiger partial charge in [0.25, 0.3) is 10.0 Å². The lowest BCUT2D eigenvalue weighted by atomic mass is 10.1. The Hall–Kier alpha value is -1.95. The Morgan fingerprint density at radius 2 is 1.70 bits per heavy atom. The molecule has 0 aliphatic heterocycles. The van der Waals surface area contributed by atoms with E-state index in [2.05, 4.69) is 11.6 Å². The summed E-state index contributed by atoms with van der Waals surface area (Å²) in [6.45, 7) is 2.12. The maximum absolute atomic E-state index is 13.6. The number of rotatable bonds is 7. The molecular weight excluding hydrogens is 320 g/mol. The first-order chi connectivity index (χ1) is 10.9. The molecule has 0 radical (unpaired) electrons. The van der Waals surface area contributed by atoms with Crippen LogP contribution in [0.1, 0.15) is 31.7 Å². The highest BCUT2D eigenvalue weighted by molar-refractivity contribution is 7.92. The molecule has 1 N–H and O–H groups in total. The largest absolute Gasteiger partial charge is 0.277 e. The van der Waals surface area contributed by atoms with Gasteiger partial charge < -0.3 is 0 Å². The maximum Gasteiger partial charge on any atom is 0.261 e. The average Bonchev–Trinajstić information content (AvgIpc) is 2.51. The molecule has 0 spiro atoms. The molecule has 0 atom stereocenters. The Balaban J connectivity index is 2.13. The van der Waals surface area contributed by atoms with Crippen molar-refractivity contribution >= 4 is 15.7 Å². The van der Waals surface area contributed by atoms with Crippen molar-refractivity contribution in [1.29, 1.82) is 0 Å². The molecular formula is C17H19F2NO2S. The van der Waals surface area contributed by atoms with E-state index in [1.54, 1.807) is 12.1 Å². The first kappa shape index (κ1) is 17.4. The van der Waals surface area contributed by atoms with Gasteiger partial charge in [-0.05, 0) is 42.7 Å². The standard InChI is InChI=1S/C17H19F2NO2S/c1-2-3-4-5-13-6-9-15(10-7-13)23(21,22)20-17-11-8-14(18)12-16(17)19/h6-12,20H,2-5H2,1H3. The molecule has 2 aromatic carbocycles. The quantitative estimate of drug-likeness (QED) is 0.755. The van der Waals surface area contributed by atoms with Gasteiger partial charge in [-0.1, -0.05) is 31.9 Å². The van der Waals surface area contributed by atoms with Crippen LogP contribution in [0.5, 0.6) is 0 Å². The van der Waals surface area contributed by atoms with Crippen molar-refractivity contribution in [2.45, 2.75) is 37.5 Å². The zero-order valence-electron chi connectivity index (χ0n) is 12.9. The van der Waals surface area contributed by atoms with E-state index in [-0.39, 0.29) is 10.6 Å². The summed E-state index contributed by atoms with van der Waals surface area (Å²) in [5, 5.41) is 0. The van der Waals surface area contributed by atoms with Crippen LogP contribution in [0.15, 0.2) is 47.4 Å². The summed E-state index contributed by atoms with van der Waals surface area (Å²) in [4.78, 5) is 0.0421. The summed E-state index contributed by atoms with van der Waals surface area (Å²) in [5.74, 6) is -1.72. The molecule has 0 bridgehead atoms. The van der Waals surface area contributed by atoms with E-state index < -0.39 is 21.7 Å². The number of sulfonamides is 1. The summed E-state index contributed by atoms with van der Waals surface area (Å²) in [5.41, 5.74) is 0.781. The number of anilines is 1. The molecule has 0 aromatic heterocycles. The van der Waals surface area contributed by atoms with Gasteiger partial charge in [-0.2, -0.15) is 0 Å². The highest BCUT2D eigenvalue weighted by Gasteiger charge is 2.16. The highest BCUT2D eigenvalue weighted by atomic mass is 32.2. The minimum absolute atomic E-state index is 0.0421. The topological polar surface area (TPSA) is 46.2 Å². The van der Waals surface area contributed by atoms with Crippen LogP contribution in [0.4, 0.5) is 14.5 Å². The Kier molecular flexibility index (Phi) is 5.71. The number of nitrogens with one attached hydrogen (secondary N) is 1. The second kappa shape index (κ2) is 7.55. The number of hydrogen-bond acceptors (Lipinski definition) is 2. The summed E-state index contributed by atoms with van der Waals surface area (Å²) >= 11 is 0. The molecule has 6 heteroatoms. The van der Waals surface area contributed by atoms with Crippen LogP contribution >= 0.6 is 0 Å². The maximum atomic E-state index is 13.6. The minimum atomic E-state index is -3.90. The molecule has 0 saturated carbocycles. The van der Waals surface area contributed by atoms with E-state index in [1.807, 2.05) is 0 Å². The number of aryl methyl sites for hydroxylation is 1. The Labute approximate surface area is 135 Å². The van der Waals surface area contributed by atoms with Crippen molar-refractivity contribution in [2.75, 3.05) is 4.72 Å². The molecule has 0 unspecified atom stereocenters. The summed E-state index contributed by atoms with van der Waals surface area (Å²) in [6.07, 6.45) is 4.21. The predicted octanol–water partition coefficient (Wildman–Crippen LogP) is 4.50. The van der Waals surface area contributed by atoms with Gasteiger partial charge >= 0.3 is 0 Å². The van der Waals surface area contributed by atoms with Gasteiger partial charge in [-0.25, -0.2) is 17.2 Å². The molecule has 2 aromatic rings. The monoisotopic (exact) mass is 339 g/mol. The third-order valence-electron chi connectivity index (χ3n) is 3.48. The zero-order chi connectivity index (χ0) is 16.9. The number of hydrogen-bond donors (Lipinski definition) is 1. The molecule has 0 saturated heterocycles. The van der Waals surface area contributed by atoms with Gasteiger partial charge in [0.15, 0.2) is 0 Å². The Bertz CT molecular complexity index is 759. The Morgan fingerprint density at radius 3 is 2.30 bits per heavy atom. The van der Waals surface area contributed by atoms with Crippen molar-refractivity contribution in [3.63, 3.8) is 0 Å². The lowest BCUT2D eigenvalue weighted by Gasteiger charge is -2.09. The minimum Gasteiger partial charge on any atom is -0.277 e. The second-order valence-corrected chi connectivity index (χ2v) is 7.01. The van der Waals surface area contributed by atoms with Gasteiger partial charge in [-0.3, -0.25) is 4.72 Å². The van der Waals surface area contributed by atoms with Crippen LogP contribution < -0.4 is 4.72 Å². The Morgan fingerprint density at radius 1 is 1.00 bits per heavy atom. The van der Waals surface area contributed by atoms with Gasteiger partial charge in [0.1, 0.15) is 11.6 Å². The fraction of sp³-hybridized carbons (Fsp3) is 0.294. The predicted molar refractivity (Wildman–Crippen MR) is 86.8 cm³/mol. The van der Waals surface area contributed by atoms with E-state index in [0.717, 1.165) is 43.4 Å². The fourth-order valence-corrected chi connectivity index (χ4v) is 3.26. The smallest absolute Gasteiger partial charge is 0.261 e. The lowest BCUT2D eigenvalue weighted by Crippen LogP contribution is -2.14. The molecule has 0 heterocycles. The number of halogens is 2. The first-order valence-corrected chi connectivity index (χ1v) is 8.97. The van der Waals surface area contributed by atoms with Crippen molar-refractivity contribution in [1.82, 2.24) is 0 Å². The van der Waals surface area contributed by atoms with Crippen molar-refractivity contribution in [2.24, 2.45) is 0 Å². The van der Waals surface area contributed by atoms with Crippen LogP contribution in [-0.2, 0) is 16.4 Å². The number of unbranched alkanes of at least 4 members (excludes halogenated alkanes) is 2. The molecule has 0 amide bonds. The van der Waals surface area contributed by atoms with Gasteiger partial charge in [-0.15, -0.1) is 0 Å². The van der Waals surface area contributed by atoms with Crippen molar-refractivity contribution in [3.8, 4) is 0 Å². The molecule has 2 rings (SSSR count). The summed E-state index contributed by atoms with van der Waals surface area (Å²) < 4.78 is 53.0. The van der Waals surface area contributed by atoms with E-state index in [4.69, 9.17) is 0 Å². The third-order valence-corrected chi connectivity index (χ3v) is 4.86.